The minimum absolute atomic E-state index is 0.142. The molecule has 0 aliphatic heterocycles. The number of hydrogen-bond donors (Lipinski definition) is 1. The Hall–Kier alpha value is -0.650. The lowest BCUT2D eigenvalue weighted by molar-refractivity contribution is -0.152. The molecule has 1 rings (SSSR count). The van der Waals surface area contributed by atoms with Gasteiger partial charge in [0, 0.05) is 26.6 Å². The van der Waals surface area contributed by atoms with Gasteiger partial charge in [-0.15, -0.1) is 0 Å². The van der Waals surface area contributed by atoms with Gasteiger partial charge in [0.25, 0.3) is 0 Å². The van der Waals surface area contributed by atoms with Crippen LogP contribution >= 0.6 is 0 Å². The fourth-order valence-corrected chi connectivity index (χ4v) is 3.03. The van der Waals surface area contributed by atoms with Crippen molar-refractivity contribution in [1.29, 1.82) is 0 Å². The van der Waals surface area contributed by atoms with E-state index in [0.29, 0.717) is 6.42 Å². The third-order valence-electron chi connectivity index (χ3n) is 4.40. The first-order valence-corrected chi connectivity index (χ1v) is 7.70. The maximum atomic E-state index is 12.2. The van der Waals surface area contributed by atoms with E-state index in [2.05, 4.69) is 24.1 Å². The van der Waals surface area contributed by atoms with E-state index in [9.17, 15) is 4.79 Å². The number of methoxy groups -OCH3 is 2. The van der Waals surface area contributed by atoms with Crippen molar-refractivity contribution < 1.29 is 14.3 Å². The fraction of sp³-hybridized carbons (Fsp3) is 0.933. The summed E-state index contributed by atoms with van der Waals surface area (Å²) < 4.78 is 10.5. The van der Waals surface area contributed by atoms with Crippen molar-refractivity contribution in [3.8, 4) is 0 Å². The summed E-state index contributed by atoms with van der Waals surface area (Å²) in [6.45, 7) is 8.12. The summed E-state index contributed by atoms with van der Waals surface area (Å²) in [5, 5.41) is 3.45. The Kier molecular flexibility index (Phi) is 7.48. The van der Waals surface area contributed by atoms with Gasteiger partial charge in [0.15, 0.2) is 0 Å². The van der Waals surface area contributed by atoms with Gasteiger partial charge in [0.1, 0.15) is 5.54 Å². The average molecular weight is 286 g/mol. The van der Waals surface area contributed by atoms with E-state index in [4.69, 9.17) is 9.47 Å². The van der Waals surface area contributed by atoms with Crippen molar-refractivity contribution >= 4 is 5.97 Å². The smallest absolute Gasteiger partial charge is 0.326 e. The van der Waals surface area contributed by atoms with Crippen LogP contribution < -0.4 is 5.32 Å². The van der Waals surface area contributed by atoms with E-state index in [1.807, 2.05) is 0 Å². The Balaban J connectivity index is 2.62. The second-order valence-electron chi connectivity index (χ2n) is 5.48. The number of nitrogens with zero attached hydrogens (tertiary/aromatic N) is 1. The lowest BCUT2D eigenvalue weighted by Gasteiger charge is -2.39. The SMILES string of the molecule is CCN(CC)CCNC1(C(=O)OC)CCCC(OC)C1. The second kappa shape index (κ2) is 8.60. The molecule has 0 radical (unpaired) electrons. The number of esters is 1. The highest BCUT2D eigenvalue weighted by molar-refractivity contribution is 5.81. The molecule has 5 heteroatoms. The van der Waals surface area contributed by atoms with Crippen LogP contribution in [0.2, 0.25) is 0 Å². The first-order chi connectivity index (χ1) is 9.61. The number of carbonyl (C=O) groups excluding carboxylic acids is 1. The number of carbonyl (C=O) groups is 1. The minimum atomic E-state index is -0.569. The highest BCUT2D eigenvalue weighted by Gasteiger charge is 2.43. The van der Waals surface area contributed by atoms with Crippen LogP contribution in [0.1, 0.15) is 39.5 Å². The summed E-state index contributed by atoms with van der Waals surface area (Å²) in [6.07, 6.45) is 3.69. The highest BCUT2D eigenvalue weighted by Crippen LogP contribution is 2.31. The molecule has 0 heterocycles. The Bertz CT molecular complexity index is 295. The van der Waals surface area contributed by atoms with Crippen LogP contribution in [-0.2, 0) is 14.3 Å². The van der Waals surface area contributed by atoms with Gasteiger partial charge in [-0.1, -0.05) is 13.8 Å². The molecule has 0 aromatic rings. The zero-order valence-electron chi connectivity index (χ0n) is 13.4. The van der Waals surface area contributed by atoms with Crippen molar-refractivity contribution in [3.63, 3.8) is 0 Å². The largest absolute Gasteiger partial charge is 0.468 e. The summed E-state index contributed by atoms with van der Waals surface area (Å²) in [5.41, 5.74) is -0.569. The number of rotatable bonds is 8. The maximum absolute atomic E-state index is 12.2. The Morgan fingerprint density at radius 2 is 2.05 bits per heavy atom. The standard InChI is InChI=1S/C15H30N2O3/c1-5-17(6-2)11-10-16-15(14(18)20-4)9-7-8-13(12-15)19-3/h13,16H,5-12H2,1-4H3. The predicted molar refractivity (Wildman–Crippen MR) is 79.8 cm³/mol. The average Bonchev–Trinajstić information content (AvgIpc) is 2.50. The van der Waals surface area contributed by atoms with Crippen molar-refractivity contribution in [2.45, 2.75) is 51.2 Å². The second-order valence-corrected chi connectivity index (χ2v) is 5.48. The molecular weight excluding hydrogens is 256 g/mol. The fourth-order valence-electron chi connectivity index (χ4n) is 3.03. The van der Waals surface area contributed by atoms with Gasteiger partial charge >= 0.3 is 5.97 Å². The van der Waals surface area contributed by atoms with E-state index in [1.54, 1.807) is 7.11 Å². The lowest BCUT2D eigenvalue weighted by Crippen LogP contribution is -2.58. The van der Waals surface area contributed by atoms with E-state index in [0.717, 1.165) is 45.4 Å². The van der Waals surface area contributed by atoms with Crippen molar-refractivity contribution in [1.82, 2.24) is 10.2 Å². The van der Waals surface area contributed by atoms with Crippen LogP contribution in [0.5, 0.6) is 0 Å². The molecule has 0 bridgehead atoms. The summed E-state index contributed by atoms with van der Waals surface area (Å²) >= 11 is 0. The first-order valence-electron chi connectivity index (χ1n) is 7.70. The molecule has 0 aromatic heterocycles. The van der Waals surface area contributed by atoms with Gasteiger partial charge in [0.2, 0.25) is 0 Å². The summed E-state index contributed by atoms with van der Waals surface area (Å²) in [5.74, 6) is -0.154. The van der Waals surface area contributed by atoms with E-state index >= 15 is 0 Å². The Morgan fingerprint density at radius 1 is 1.35 bits per heavy atom. The number of nitrogens with one attached hydrogen (secondary N) is 1. The van der Waals surface area contributed by atoms with E-state index in [-0.39, 0.29) is 12.1 Å². The molecule has 1 aliphatic carbocycles. The number of ether oxygens (including phenoxy) is 2. The van der Waals surface area contributed by atoms with Crippen LogP contribution in [0.25, 0.3) is 0 Å². The van der Waals surface area contributed by atoms with E-state index in [1.165, 1.54) is 7.11 Å². The van der Waals surface area contributed by atoms with Crippen molar-refractivity contribution in [3.05, 3.63) is 0 Å². The molecule has 0 amide bonds. The predicted octanol–water partition coefficient (Wildman–Crippen LogP) is 1.42. The molecule has 0 aromatic carbocycles. The number of likely N-dealkylation sites (N-methyl/N-ethyl adjacent to an activating group) is 1. The molecule has 0 saturated heterocycles. The third-order valence-corrected chi connectivity index (χ3v) is 4.40. The third kappa shape index (κ3) is 4.43. The van der Waals surface area contributed by atoms with Crippen LogP contribution in [0.15, 0.2) is 0 Å². The minimum Gasteiger partial charge on any atom is -0.468 e. The molecule has 1 aliphatic rings. The molecular formula is C15H30N2O3. The molecule has 1 fully saturated rings. The van der Waals surface area contributed by atoms with Crippen LogP contribution in [0.4, 0.5) is 0 Å². The van der Waals surface area contributed by atoms with Crippen molar-refractivity contribution in [2.24, 2.45) is 0 Å². The molecule has 0 spiro atoms. The van der Waals surface area contributed by atoms with Gasteiger partial charge in [0.05, 0.1) is 13.2 Å². The molecule has 2 unspecified atom stereocenters. The number of hydrogen-bond acceptors (Lipinski definition) is 5. The normalized spacial score (nSPS) is 26.8. The van der Waals surface area contributed by atoms with Crippen LogP contribution in [0, 0.1) is 0 Å². The molecule has 1 saturated carbocycles. The Labute approximate surface area is 123 Å². The first kappa shape index (κ1) is 17.4. The summed E-state index contributed by atoms with van der Waals surface area (Å²) in [4.78, 5) is 14.6. The maximum Gasteiger partial charge on any atom is 0.326 e. The van der Waals surface area contributed by atoms with Crippen LogP contribution in [-0.4, -0.2) is 62.9 Å². The monoisotopic (exact) mass is 286 g/mol. The van der Waals surface area contributed by atoms with Crippen molar-refractivity contribution in [2.75, 3.05) is 40.4 Å². The molecule has 2 atom stereocenters. The van der Waals surface area contributed by atoms with E-state index < -0.39 is 5.54 Å². The topological polar surface area (TPSA) is 50.8 Å². The quantitative estimate of drug-likeness (QED) is 0.684. The lowest BCUT2D eigenvalue weighted by atomic mass is 9.80. The van der Waals surface area contributed by atoms with Gasteiger partial charge in [-0.3, -0.25) is 4.79 Å². The highest BCUT2D eigenvalue weighted by atomic mass is 16.5. The molecule has 118 valence electrons. The zero-order valence-corrected chi connectivity index (χ0v) is 13.4. The summed E-state index contributed by atoms with van der Waals surface area (Å²) in [7, 11) is 3.18. The Morgan fingerprint density at radius 3 is 2.60 bits per heavy atom. The zero-order chi connectivity index (χ0) is 15.0. The molecule has 1 N–H and O–H groups in total. The summed E-state index contributed by atoms with van der Waals surface area (Å²) in [6, 6.07) is 0. The molecule has 5 nitrogen and oxygen atoms in total. The molecule has 20 heavy (non-hydrogen) atoms. The van der Waals surface area contributed by atoms with Gasteiger partial charge in [-0.2, -0.15) is 0 Å². The van der Waals surface area contributed by atoms with Gasteiger partial charge < -0.3 is 19.7 Å². The van der Waals surface area contributed by atoms with Crippen LogP contribution in [0.3, 0.4) is 0 Å². The van der Waals surface area contributed by atoms with Gasteiger partial charge in [-0.05, 0) is 32.4 Å². The van der Waals surface area contributed by atoms with Gasteiger partial charge in [-0.25, -0.2) is 0 Å².